The number of carboxylic acid groups (broad SMARTS) is 1. The third kappa shape index (κ3) is 5.73. The fraction of sp³-hybridized carbons (Fsp3) is 0.867. The van der Waals surface area contributed by atoms with Gasteiger partial charge in [-0.05, 0) is 134 Å². The maximum atomic E-state index is 14.0. The first-order chi connectivity index (χ1) is 24.7. The number of piperidine rings is 1. The molecule has 0 bridgehead atoms. The second-order valence-electron chi connectivity index (χ2n) is 21.3. The number of Topliss-reactive ketones (excluding diaryl/α,β-unsaturated/α-hetero) is 1. The molecule has 0 aromatic carbocycles. The molecule has 7 aliphatic rings. The summed E-state index contributed by atoms with van der Waals surface area (Å²) in [5.74, 6) is 0.103. The van der Waals surface area contributed by atoms with Crippen LogP contribution in [-0.4, -0.2) is 54.0 Å². The van der Waals surface area contributed by atoms with Gasteiger partial charge < -0.3 is 20.5 Å². The minimum atomic E-state index is -0.822. The van der Waals surface area contributed by atoms with Gasteiger partial charge in [-0.3, -0.25) is 19.2 Å². The van der Waals surface area contributed by atoms with Crippen LogP contribution >= 0.6 is 0 Å². The zero-order valence-corrected chi connectivity index (χ0v) is 34.4. The van der Waals surface area contributed by atoms with Crippen LogP contribution in [0.3, 0.4) is 0 Å². The average Bonchev–Trinajstić information content (AvgIpc) is 3.38. The molecule has 6 aliphatic carbocycles. The van der Waals surface area contributed by atoms with Gasteiger partial charge in [0, 0.05) is 23.8 Å². The maximum Gasteiger partial charge on any atom is 0.309 e. The second-order valence-corrected chi connectivity index (χ2v) is 21.3. The molecule has 1 amide bonds. The number of amides is 1. The van der Waals surface area contributed by atoms with Crippen molar-refractivity contribution in [1.29, 1.82) is 0 Å². The number of carbonyl (C=O) groups excluding carboxylic acids is 3. The molecule has 1 heterocycles. The van der Waals surface area contributed by atoms with Gasteiger partial charge in [0.25, 0.3) is 0 Å². The van der Waals surface area contributed by atoms with Gasteiger partial charge in [-0.25, -0.2) is 0 Å². The summed E-state index contributed by atoms with van der Waals surface area (Å²) < 4.78 is 6.42. The number of esters is 1. The summed E-state index contributed by atoms with van der Waals surface area (Å²) in [6.45, 7) is 22.2. The number of carboxylic acids is 1. The van der Waals surface area contributed by atoms with Crippen LogP contribution in [0.5, 0.6) is 0 Å². The number of hydrogen-bond acceptors (Lipinski definition) is 6. The van der Waals surface area contributed by atoms with Crippen LogP contribution in [0.15, 0.2) is 11.1 Å². The van der Waals surface area contributed by atoms with E-state index in [2.05, 4.69) is 59.1 Å². The molecule has 1 aliphatic heterocycles. The molecular formula is C45H70N2O6. The summed E-state index contributed by atoms with van der Waals surface area (Å²) in [5, 5.41) is 16.3. The lowest BCUT2D eigenvalue weighted by Gasteiger charge is -2.72. The zero-order chi connectivity index (χ0) is 38.5. The van der Waals surface area contributed by atoms with Crippen LogP contribution in [0.1, 0.15) is 152 Å². The molecule has 7 rings (SSSR count). The van der Waals surface area contributed by atoms with Crippen molar-refractivity contribution >= 4 is 23.6 Å². The van der Waals surface area contributed by atoms with Crippen LogP contribution in [-0.2, 0) is 23.9 Å². The quantitative estimate of drug-likeness (QED) is 0.215. The van der Waals surface area contributed by atoms with E-state index in [1.807, 2.05) is 13.8 Å². The summed E-state index contributed by atoms with van der Waals surface area (Å²) in [7, 11) is 0. The fourth-order valence-electron chi connectivity index (χ4n) is 14.8. The maximum absolute atomic E-state index is 14.0. The summed E-state index contributed by atoms with van der Waals surface area (Å²) >= 11 is 0. The average molecular weight is 735 g/mol. The van der Waals surface area contributed by atoms with Gasteiger partial charge in [0.15, 0.2) is 5.78 Å². The van der Waals surface area contributed by atoms with Gasteiger partial charge in [-0.2, -0.15) is 0 Å². The number of allylic oxidation sites excluding steroid dienone is 2. The SMILES string of the molecule is CC(C)C1=C2C3CC[C@H]4C(C)(CC[C@H]5C(C)(C)[C@@H](OC(=O)[C@H]6C[C@@H](C(=O)O)C6(C)C)CC[C@@]54C)[C@]3(C)CCC2(CCNC(=O)[C@@H]2CCCCN2)CC1=O. The van der Waals surface area contributed by atoms with E-state index < -0.39 is 17.3 Å². The van der Waals surface area contributed by atoms with E-state index in [1.165, 1.54) is 5.57 Å². The van der Waals surface area contributed by atoms with Crippen molar-refractivity contribution in [3.63, 3.8) is 0 Å². The fourth-order valence-corrected chi connectivity index (χ4v) is 14.8. The van der Waals surface area contributed by atoms with Gasteiger partial charge in [-0.15, -0.1) is 0 Å². The summed E-state index contributed by atoms with van der Waals surface area (Å²) in [6, 6.07) is -0.0948. The molecule has 53 heavy (non-hydrogen) atoms. The molecular weight excluding hydrogens is 665 g/mol. The number of carbonyl (C=O) groups is 4. The lowest BCUT2D eigenvalue weighted by Crippen LogP contribution is -2.66. The van der Waals surface area contributed by atoms with Crippen molar-refractivity contribution in [3.8, 4) is 0 Å². The molecule has 3 N–H and O–H groups in total. The van der Waals surface area contributed by atoms with Crippen molar-refractivity contribution in [3.05, 3.63) is 11.1 Å². The zero-order valence-electron chi connectivity index (χ0n) is 34.4. The molecule has 11 atom stereocenters. The Kier molecular flexibility index (Phi) is 9.71. The predicted octanol–water partition coefficient (Wildman–Crippen LogP) is 8.27. The number of fused-ring (bicyclic) bond motifs is 7. The Morgan fingerprint density at radius 2 is 1.58 bits per heavy atom. The predicted molar refractivity (Wildman–Crippen MR) is 206 cm³/mol. The van der Waals surface area contributed by atoms with Crippen LogP contribution in [0.25, 0.3) is 0 Å². The van der Waals surface area contributed by atoms with Gasteiger partial charge in [0.1, 0.15) is 6.10 Å². The highest BCUT2D eigenvalue weighted by atomic mass is 16.5. The first-order valence-corrected chi connectivity index (χ1v) is 21.5. The number of aliphatic carboxylic acids is 1. The van der Waals surface area contributed by atoms with E-state index in [-0.39, 0.29) is 62.9 Å². The van der Waals surface area contributed by atoms with E-state index in [9.17, 15) is 24.3 Å². The Morgan fingerprint density at radius 3 is 2.23 bits per heavy atom. The lowest BCUT2D eigenvalue weighted by atomic mass is 9.33. The molecule has 6 fully saturated rings. The number of ketones is 1. The van der Waals surface area contributed by atoms with E-state index in [0.29, 0.717) is 42.9 Å². The normalized spacial score (nSPS) is 44.2. The largest absolute Gasteiger partial charge is 0.481 e. The van der Waals surface area contributed by atoms with Gasteiger partial charge in [-0.1, -0.05) is 74.3 Å². The molecule has 0 spiro atoms. The minimum absolute atomic E-state index is 0.0761. The van der Waals surface area contributed by atoms with Crippen LogP contribution in [0.4, 0.5) is 0 Å². The first kappa shape index (κ1) is 39.0. The molecule has 3 unspecified atom stereocenters. The van der Waals surface area contributed by atoms with Crippen molar-refractivity contribution < 1.29 is 29.0 Å². The summed E-state index contributed by atoms with van der Waals surface area (Å²) in [5.41, 5.74) is 1.96. The van der Waals surface area contributed by atoms with E-state index in [0.717, 1.165) is 89.2 Å². The molecule has 0 radical (unpaired) electrons. The van der Waals surface area contributed by atoms with Gasteiger partial charge in [0.2, 0.25) is 5.91 Å². The number of rotatable bonds is 8. The Morgan fingerprint density at radius 1 is 0.849 bits per heavy atom. The summed E-state index contributed by atoms with van der Waals surface area (Å²) in [6.07, 6.45) is 13.3. The Bertz CT molecular complexity index is 1560. The molecule has 0 aromatic rings. The molecule has 8 nitrogen and oxygen atoms in total. The second kappa shape index (κ2) is 13.2. The summed E-state index contributed by atoms with van der Waals surface area (Å²) in [4.78, 5) is 52.5. The van der Waals surface area contributed by atoms with Crippen molar-refractivity contribution in [1.82, 2.24) is 10.6 Å². The third-order valence-electron chi connectivity index (χ3n) is 18.2. The number of ether oxygens (including phenoxy) is 1. The van der Waals surface area contributed by atoms with Crippen molar-refractivity contribution in [2.75, 3.05) is 13.1 Å². The smallest absolute Gasteiger partial charge is 0.309 e. The Hall–Kier alpha value is -2.22. The molecule has 0 aromatic heterocycles. The molecule has 296 valence electrons. The highest BCUT2D eigenvalue weighted by Crippen LogP contribution is 2.77. The Balaban J connectivity index is 1.11. The molecule has 1 saturated heterocycles. The minimum Gasteiger partial charge on any atom is -0.481 e. The van der Waals surface area contributed by atoms with Crippen molar-refractivity contribution in [2.45, 2.75) is 164 Å². The van der Waals surface area contributed by atoms with E-state index in [1.54, 1.807) is 0 Å². The highest BCUT2D eigenvalue weighted by Gasteiger charge is 2.70. The Labute approximate surface area is 319 Å². The van der Waals surface area contributed by atoms with Crippen molar-refractivity contribution in [2.24, 2.45) is 68.0 Å². The van der Waals surface area contributed by atoms with Crippen LogP contribution in [0.2, 0.25) is 0 Å². The highest BCUT2D eigenvalue weighted by molar-refractivity contribution is 6.00. The van der Waals surface area contributed by atoms with Gasteiger partial charge in [0.05, 0.1) is 17.9 Å². The standard InChI is InChI=1S/C45H70N2O6/c1-26(2)35-31(48)25-45(21-23-47-37(49)30-12-10-11-22-46-30)20-19-43(8)27(36(35)45)13-14-33-42(7)17-16-34(41(5,6)32(42)15-18-44(33,43)9)53-39(52)29-24-28(38(50)51)40(29,3)4/h26-30,32-34,46H,10-25H2,1-9H3,(H,47,49)(H,50,51)/t27?,28-,29+,30-,32-,33+,34-,42-,43+,44?,45?/m0/s1. The number of nitrogens with one attached hydrogen (secondary N) is 2. The van der Waals surface area contributed by atoms with Crippen LogP contribution < -0.4 is 10.6 Å². The topological polar surface area (TPSA) is 122 Å². The third-order valence-corrected chi connectivity index (χ3v) is 18.2. The monoisotopic (exact) mass is 735 g/mol. The van der Waals surface area contributed by atoms with Crippen LogP contribution in [0, 0.1) is 68.0 Å². The van der Waals surface area contributed by atoms with Gasteiger partial charge >= 0.3 is 11.9 Å². The number of hydrogen-bond donors (Lipinski definition) is 3. The van der Waals surface area contributed by atoms with E-state index >= 15 is 0 Å². The molecule has 5 saturated carbocycles. The first-order valence-electron chi connectivity index (χ1n) is 21.5. The molecule has 8 heteroatoms. The lowest BCUT2D eigenvalue weighted by molar-refractivity contribution is -0.236. The van der Waals surface area contributed by atoms with E-state index in [4.69, 9.17) is 4.74 Å².